The molecule has 1 amide bonds. The van der Waals surface area contributed by atoms with Gasteiger partial charge in [0.1, 0.15) is 6.33 Å². The third-order valence-corrected chi connectivity index (χ3v) is 4.56. The fraction of sp³-hybridized carbons (Fsp3) is 0.353. The standard InChI is InChI=1S/C17H20N8O/c26-17(13-3-2-8-24(10-13)11-15-6-7-18-21-15)20-14-4-1-5-16(9-14)25-12-19-22-23-25/h1,4-7,9,12-13H,2-3,8,10-11H2,(H,18,21)(H,20,26). The average Bonchev–Trinajstić information content (AvgIpc) is 3.36. The highest BCUT2D eigenvalue weighted by molar-refractivity contribution is 5.93. The number of aromatic nitrogens is 6. The summed E-state index contributed by atoms with van der Waals surface area (Å²) in [5, 5.41) is 21.1. The van der Waals surface area contributed by atoms with Crippen molar-refractivity contribution in [2.24, 2.45) is 5.92 Å². The number of hydrogen-bond donors (Lipinski definition) is 2. The molecule has 0 bridgehead atoms. The van der Waals surface area contributed by atoms with Gasteiger partial charge in [-0.1, -0.05) is 6.07 Å². The Morgan fingerprint density at radius 2 is 2.31 bits per heavy atom. The van der Waals surface area contributed by atoms with Crippen LogP contribution in [0.25, 0.3) is 5.69 Å². The van der Waals surface area contributed by atoms with E-state index in [-0.39, 0.29) is 11.8 Å². The zero-order valence-corrected chi connectivity index (χ0v) is 14.2. The number of H-pyrrole nitrogens is 1. The second kappa shape index (κ2) is 7.44. The molecule has 1 aliphatic heterocycles. The summed E-state index contributed by atoms with van der Waals surface area (Å²) >= 11 is 0. The molecule has 1 aromatic carbocycles. The largest absolute Gasteiger partial charge is 0.326 e. The van der Waals surface area contributed by atoms with Crippen LogP contribution in [0.2, 0.25) is 0 Å². The molecule has 0 radical (unpaired) electrons. The quantitative estimate of drug-likeness (QED) is 0.716. The Morgan fingerprint density at radius 1 is 1.35 bits per heavy atom. The van der Waals surface area contributed by atoms with E-state index in [1.807, 2.05) is 30.3 Å². The van der Waals surface area contributed by atoms with Crippen LogP contribution in [0.4, 0.5) is 5.69 Å². The maximum Gasteiger partial charge on any atom is 0.228 e. The fourth-order valence-corrected chi connectivity index (χ4v) is 3.28. The van der Waals surface area contributed by atoms with Crippen LogP contribution >= 0.6 is 0 Å². The van der Waals surface area contributed by atoms with Crippen LogP contribution in [0.1, 0.15) is 18.5 Å². The molecule has 1 fully saturated rings. The summed E-state index contributed by atoms with van der Waals surface area (Å²) in [7, 11) is 0. The van der Waals surface area contributed by atoms with Gasteiger partial charge in [0.25, 0.3) is 0 Å². The van der Waals surface area contributed by atoms with E-state index in [9.17, 15) is 4.79 Å². The van der Waals surface area contributed by atoms with E-state index in [2.05, 4.69) is 35.9 Å². The number of piperidine rings is 1. The van der Waals surface area contributed by atoms with Gasteiger partial charge in [0.05, 0.1) is 11.6 Å². The Hall–Kier alpha value is -3.07. The topological polar surface area (TPSA) is 105 Å². The van der Waals surface area contributed by atoms with Gasteiger partial charge < -0.3 is 5.32 Å². The Bertz CT molecular complexity index is 846. The number of hydrogen-bond acceptors (Lipinski definition) is 6. The van der Waals surface area contributed by atoms with Crippen LogP contribution in [0, 0.1) is 5.92 Å². The SMILES string of the molecule is O=C(Nc1cccc(-n2cnnn2)c1)C1CCCN(Cc2ccn[nH]2)C1. The number of anilines is 1. The second-order valence-electron chi connectivity index (χ2n) is 6.45. The Morgan fingerprint density at radius 3 is 3.12 bits per heavy atom. The number of amides is 1. The molecule has 134 valence electrons. The highest BCUT2D eigenvalue weighted by Crippen LogP contribution is 2.21. The monoisotopic (exact) mass is 352 g/mol. The number of likely N-dealkylation sites (tertiary alicyclic amines) is 1. The van der Waals surface area contributed by atoms with Gasteiger partial charge in [0.15, 0.2) is 0 Å². The lowest BCUT2D eigenvalue weighted by atomic mass is 9.97. The van der Waals surface area contributed by atoms with Crippen molar-refractivity contribution in [3.8, 4) is 5.69 Å². The van der Waals surface area contributed by atoms with Crippen LogP contribution in [0.3, 0.4) is 0 Å². The maximum absolute atomic E-state index is 12.7. The van der Waals surface area contributed by atoms with Crippen molar-refractivity contribution >= 4 is 11.6 Å². The molecular formula is C17H20N8O. The molecule has 1 saturated heterocycles. The number of aromatic amines is 1. The summed E-state index contributed by atoms with van der Waals surface area (Å²) < 4.78 is 1.56. The zero-order valence-electron chi connectivity index (χ0n) is 14.2. The van der Waals surface area contributed by atoms with Gasteiger partial charge in [-0.15, -0.1) is 5.10 Å². The molecule has 9 heteroatoms. The van der Waals surface area contributed by atoms with Gasteiger partial charge in [-0.2, -0.15) is 5.10 Å². The Kier molecular flexibility index (Phi) is 4.69. The molecule has 1 aliphatic rings. The smallest absolute Gasteiger partial charge is 0.228 e. The highest BCUT2D eigenvalue weighted by Gasteiger charge is 2.26. The van der Waals surface area contributed by atoms with Crippen LogP contribution in [-0.4, -0.2) is 54.3 Å². The molecule has 3 heterocycles. The van der Waals surface area contributed by atoms with E-state index < -0.39 is 0 Å². The highest BCUT2D eigenvalue weighted by atomic mass is 16.1. The lowest BCUT2D eigenvalue weighted by Gasteiger charge is -2.31. The van der Waals surface area contributed by atoms with Gasteiger partial charge in [-0.25, -0.2) is 4.68 Å². The van der Waals surface area contributed by atoms with Gasteiger partial charge in [0.2, 0.25) is 5.91 Å². The number of rotatable bonds is 5. The van der Waals surface area contributed by atoms with E-state index >= 15 is 0 Å². The number of carbonyl (C=O) groups is 1. The van der Waals surface area contributed by atoms with Crippen LogP contribution in [-0.2, 0) is 11.3 Å². The third kappa shape index (κ3) is 3.77. The molecule has 1 atom stereocenters. The van der Waals surface area contributed by atoms with Crippen molar-refractivity contribution in [2.75, 3.05) is 18.4 Å². The minimum atomic E-state index is -0.0247. The van der Waals surface area contributed by atoms with E-state index in [1.165, 1.54) is 6.33 Å². The normalized spacial score (nSPS) is 17.9. The molecule has 4 rings (SSSR count). The molecular weight excluding hydrogens is 332 g/mol. The predicted octanol–water partition coefficient (Wildman–Crippen LogP) is 1.24. The number of tetrazole rings is 1. The summed E-state index contributed by atoms with van der Waals surface area (Å²) in [5.74, 6) is 0.0246. The van der Waals surface area contributed by atoms with Gasteiger partial charge in [-0.3, -0.25) is 14.8 Å². The zero-order chi connectivity index (χ0) is 17.8. The second-order valence-corrected chi connectivity index (χ2v) is 6.45. The number of carbonyl (C=O) groups excluding carboxylic acids is 1. The van der Waals surface area contributed by atoms with Crippen LogP contribution in [0.15, 0.2) is 42.9 Å². The molecule has 2 aromatic heterocycles. The van der Waals surface area contributed by atoms with E-state index in [0.29, 0.717) is 0 Å². The van der Waals surface area contributed by atoms with Crippen LogP contribution in [0.5, 0.6) is 0 Å². The summed E-state index contributed by atoms with van der Waals surface area (Å²) in [6.07, 6.45) is 5.19. The summed E-state index contributed by atoms with van der Waals surface area (Å²) in [5.41, 5.74) is 2.62. The van der Waals surface area contributed by atoms with E-state index in [0.717, 1.165) is 49.5 Å². The van der Waals surface area contributed by atoms with Gasteiger partial charge in [-0.05, 0) is 54.1 Å². The minimum absolute atomic E-state index is 0.0247. The number of nitrogens with zero attached hydrogens (tertiary/aromatic N) is 6. The molecule has 1 unspecified atom stereocenters. The van der Waals surface area contributed by atoms with E-state index in [1.54, 1.807) is 10.9 Å². The summed E-state index contributed by atoms with van der Waals surface area (Å²) in [4.78, 5) is 15.0. The Balaban J connectivity index is 1.39. The lowest BCUT2D eigenvalue weighted by Crippen LogP contribution is -2.40. The van der Waals surface area contributed by atoms with Crippen molar-refractivity contribution in [2.45, 2.75) is 19.4 Å². The predicted molar refractivity (Wildman–Crippen MR) is 94.4 cm³/mol. The van der Waals surface area contributed by atoms with Gasteiger partial charge >= 0.3 is 0 Å². The van der Waals surface area contributed by atoms with Gasteiger partial charge in [0, 0.05) is 30.7 Å². The average molecular weight is 352 g/mol. The minimum Gasteiger partial charge on any atom is -0.326 e. The van der Waals surface area contributed by atoms with Crippen molar-refractivity contribution < 1.29 is 4.79 Å². The number of nitrogens with one attached hydrogen (secondary N) is 2. The van der Waals surface area contributed by atoms with Crippen molar-refractivity contribution in [3.05, 3.63) is 48.5 Å². The molecule has 0 aliphatic carbocycles. The first kappa shape index (κ1) is 16.4. The van der Waals surface area contributed by atoms with Crippen molar-refractivity contribution in [1.29, 1.82) is 0 Å². The third-order valence-electron chi connectivity index (χ3n) is 4.56. The van der Waals surface area contributed by atoms with Crippen molar-refractivity contribution in [3.63, 3.8) is 0 Å². The summed E-state index contributed by atoms with van der Waals surface area (Å²) in [6, 6.07) is 9.46. The maximum atomic E-state index is 12.7. The summed E-state index contributed by atoms with van der Waals surface area (Å²) in [6.45, 7) is 2.54. The number of benzene rings is 1. The van der Waals surface area contributed by atoms with Crippen molar-refractivity contribution in [1.82, 2.24) is 35.3 Å². The molecule has 3 aromatic rings. The lowest BCUT2D eigenvalue weighted by molar-refractivity contribution is -0.121. The molecule has 26 heavy (non-hydrogen) atoms. The molecule has 0 spiro atoms. The molecule has 0 saturated carbocycles. The first-order valence-electron chi connectivity index (χ1n) is 8.63. The first-order valence-corrected chi connectivity index (χ1v) is 8.63. The molecule has 2 N–H and O–H groups in total. The Labute approximate surface area is 150 Å². The van der Waals surface area contributed by atoms with E-state index in [4.69, 9.17) is 0 Å². The first-order chi connectivity index (χ1) is 12.8. The van der Waals surface area contributed by atoms with Crippen LogP contribution < -0.4 is 5.32 Å². The fourth-order valence-electron chi connectivity index (χ4n) is 3.28. The molecule has 9 nitrogen and oxygen atoms in total.